The fraction of sp³-hybridized carbons (Fsp3) is 0.370. The summed E-state index contributed by atoms with van der Waals surface area (Å²) in [5.74, 6) is -0.403. The van der Waals surface area contributed by atoms with Gasteiger partial charge in [0.2, 0.25) is 11.7 Å². The van der Waals surface area contributed by atoms with E-state index >= 15 is 0 Å². The molecule has 0 aliphatic rings. The van der Waals surface area contributed by atoms with E-state index in [0.717, 1.165) is 11.1 Å². The number of amides is 2. The zero-order valence-corrected chi connectivity index (χ0v) is 21.8. The van der Waals surface area contributed by atoms with Crippen LogP contribution in [0.15, 0.2) is 58.1 Å². The van der Waals surface area contributed by atoms with Gasteiger partial charge in [-0.1, -0.05) is 39.0 Å². The van der Waals surface area contributed by atoms with E-state index in [9.17, 15) is 19.2 Å². The molecule has 0 fully saturated rings. The third-order valence-electron chi connectivity index (χ3n) is 6.38. The summed E-state index contributed by atoms with van der Waals surface area (Å²) in [5.41, 5.74) is 0.414. The molecule has 0 aliphatic heterocycles. The third-order valence-corrected chi connectivity index (χ3v) is 6.38. The van der Waals surface area contributed by atoms with Gasteiger partial charge in [-0.2, -0.15) is 0 Å². The maximum atomic E-state index is 13.6. The molecule has 1 unspecified atom stereocenters. The average molecular weight is 505 g/mol. The molecule has 0 saturated carbocycles. The lowest BCUT2D eigenvalue weighted by molar-refractivity contribution is -0.119. The number of anilines is 1. The normalized spacial score (nSPS) is 12.3. The molecule has 0 aliphatic carbocycles. The van der Waals surface area contributed by atoms with Crippen molar-refractivity contribution in [3.63, 3.8) is 0 Å². The van der Waals surface area contributed by atoms with Gasteiger partial charge in [-0.05, 0) is 49.6 Å². The average Bonchev–Trinajstić information content (AvgIpc) is 3.21. The van der Waals surface area contributed by atoms with Crippen molar-refractivity contribution in [3.8, 4) is 0 Å². The Morgan fingerprint density at radius 1 is 1.05 bits per heavy atom. The summed E-state index contributed by atoms with van der Waals surface area (Å²) in [5, 5.41) is 7.61. The Bertz CT molecular complexity index is 1580. The van der Waals surface area contributed by atoms with Crippen molar-refractivity contribution < 1.29 is 9.59 Å². The number of carbonyl (C=O) groups is 2. The SMILES string of the molecule is CCC(C)NC(=O)c1ccc2c(=O)n(CC(C)C)c3nn(CC(=O)N(C)c4ccccc4)c(=O)n3c2c1. The Kier molecular flexibility index (Phi) is 7.28. The van der Waals surface area contributed by atoms with Crippen molar-refractivity contribution in [2.75, 3.05) is 11.9 Å². The number of hydrogen-bond acceptors (Lipinski definition) is 5. The highest BCUT2D eigenvalue weighted by atomic mass is 16.2. The van der Waals surface area contributed by atoms with Crippen LogP contribution < -0.4 is 21.5 Å². The molecule has 10 heteroatoms. The number of hydrogen-bond donors (Lipinski definition) is 1. The topological polar surface area (TPSA) is 111 Å². The van der Waals surface area contributed by atoms with Gasteiger partial charge in [0.1, 0.15) is 6.54 Å². The number of para-hydroxylation sites is 1. The lowest BCUT2D eigenvalue weighted by atomic mass is 10.1. The van der Waals surface area contributed by atoms with Crippen molar-refractivity contribution in [1.82, 2.24) is 24.1 Å². The first-order valence-electron chi connectivity index (χ1n) is 12.4. The first kappa shape index (κ1) is 25.9. The van der Waals surface area contributed by atoms with E-state index in [4.69, 9.17) is 0 Å². The molecule has 2 heterocycles. The number of aromatic nitrogens is 4. The molecule has 0 radical (unpaired) electrons. The molecular weight excluding hydrogens is 472 g/mol. The maximum absolute atomic E-state index is 13.6. The molecule has 10 nitrogen and oxygen atoms in total. The molecule has 0 spiro atoms. The van der Waals surface area contributed by atoms with E-state index in [-0.39, 0.29) is 47.2 Å². The minimum absolute atomic E-state index is 0.0275. The van der Waals surface area contributed by atoms with E-state index in [2.05, 4.69) is 10.4 Å². The minimum atomic E-state index is -0.563. The van der Waals surface area contributed by atoms with Gasteiger partial charge in [0.15, 0.2) is 0 Å². The summed E-state index contributed by atoms with van der Waals surface area (Å²) < 4.78 is 3.84. The first-order chi connectivity index (χ1) is 17.6. The number of nitrogens with one attached hydrogen (secondary N) is 1. The van der Waals surface area contributed by atoms with Gasteiger partial charge in [0.25, 0.3) is 11.5 Å². The van der Waals surface area contributed by atoms with Crippen LogP contribution in [0.25, 0.3) is 16.7 Å². The lowest BCUT2D eigenvalue weighted by Gasteiger charge is -2.16. The summed E-state index contributed by atoms with van der Waals surface area (Å²) in [6.45, 7) is 7.82. The summed E-state index contributed by atoms with van der Waals surface area (Å²) in [7, 11) is 1.63. The van der Waals surface area contributed by atoms with Crippen molar-refractivity contribution in [3.05, 3.63) is 74.9 Å². The highest BCUT2D eigenvalue weighted by Crippen LogP contribution is 2.16. The van der Waals surface area contributed by atoms with Crippen molar-refractivity contribution >= 4 is 34.2 Å². The quantitative estimate of drug-likeness (QED) is 0.397. The smallest absolute Gasteiger partial charge is 0.350 e. The lowest BCUT2D eigenvalue weighted by Crippen LogP contribution is -2.34. The highest BCUT2D eigenvalue weighted by Gasteiger charge is 2.22. The number of nitrogens with zero attached hydrogens (tertiary/aromatic N) is 5. The van der Waals surface area contributed by atoms with Crippen LogP contribution in [0.4, 0.5) is 5.69 Å². The Hall–Kier alpha value is -4.21. The molecule has 0 saturated heterocycles. The molecule has 4 aromatic rings. The second-order valence-electron chi connectivity index (χ2n) is 9.69. The van der Waals surface area contributed by atoms with Gasteiger partial charge >= 0.3 is 5.69 Å². The van der Waals surface area contributed by atoms with Crippen LogP contribution in [0.3, 0.4) is 0 Å². The van der Waals surface area contributed by atoms with Gasteiger partial charge in [0, 0.05) is 30.9 Å². The van der Waals surface area contributed by atoms with Crippen LogP contribution in [0, 0.1) is 5.92 Å². The third kappa shape index (κ3) is 5.04. The van der Waals surface area contributed by atoms with Crippen molar-refractivity contribution in [2.45, 2.75) is 53.2 Å². The minimum Gasteiger partial charge on any atom is -0.350 e. The van der Waals surface area contributed by atoms with Crippen LogP contribution in [0.2, 0.25) is 0 Å². The Morgan fingerprint density at radius 3 is 2.41 bits per heavy atom. The van der Waals surface area contributed by atoms with Crippen LogP contribution in [0.1, 0.15) is 44.5 Å². The molecule has 194 valence electrons. The van der Waals surface area contributed by atoms with E-state index in [1.807, 2.05) is 45.9 Å². The Balaban J connectivity index is 1.87. The van der Waals surface area contributed by atoms with E-state index in [0.29, 0.717) is 23.2 Å². The van der Waals surface area contributed by atoms with Gasteiger partial charge < -0.3 is 10.2 Å². The number of rotatable bonds is 8. The first-order valence-corrected chi connectivity index (χ1v) is 12.4. The predicted molar refractivity (Wildman–Crippen MR) is 143 cm³/mol. The molecule has 2 amide bonds. The Labute approximate surface area is 214 Å². The van der Waals surface area contributed by atoms with Crippen LogP contribution in [0.5, 0.6) is 0 Å². The molecule has 0 bridgehead atoms. The molecule has 37 heavy (non-hydrogen) atoms. The highest BCUT2D eigenvalue weighted by molar-refractivity contribution is 5.98. The predicted octanol–water partition coefficient (Wildman–Crippen LogP) is 2.66. The van der Waals surface area contributed by atoms with Gasteiger partial charge in [-0.25, -0.2) is 13.9 Å². The van der Waals surface area contributed by atoms with E-state index in [1.165, 1.54) is 19.9 Å². The second-order valence-corrected chi connectivity index (χ2v) is 9.69. The molecule has 2 aromatic carbocycles. The standard InChI is InChI=1S/C27H32N6O4/c1-6-18(4)28-24(35)19-12-13-21-22(14-19)33-26(31(25(21)36)15-17(2)3)29-32(27(33)37)16-23(34)30(5)20-10-8-7-9-11-20/h7-14,17-18H,6,15-16H2,1-5H3,(H,28,35). The molecular formula is C27H32N6O4. The van der Waals surface area contributed by atoms with Crippen LogP contribution in [-0.2, 0) is 17.9 Å². The fourth-order valence-electron chi connectivity index (χ4n) is 4.13. The summed E-state index contributed by atoms with van der Waals surface area (Å²) in [6.07, 6.45) is 0.765. The van der Waals surface area contributed by atoms with Gasteiger partial charge in [-0.3, -0.25) is 19.0 Å². The van der Waals surface area contributed by atoms with E-state index in [1.54, 1.807) is 31.3 Å². The summed E-state index contributed by atoms with van der Waals surface area (Å²) in [6, 6.07) is 13.7. The molecule has 4 rings (SSSR count). The zero-order chi connectivity index (χ0) is 26.9. The molecule has 2 aromatic heterocycles. The zero-order valence-electron chi connectivity index (χ0n) is 21.8. The molecule has 1 N–H and O–H groups in total. The van der Waals surface area contributed by atoms with E-state index < -0.39 is 5.69 Å². The van der Waals surface area contributed by atoms with Crippen LogP contribution >= 0.6 is 0 Å². The molecule has 1 atom stereocenters. The number of fused-ring (bicyclic) bond motifs is 3. The van der Waals surface area contributed by atoms with Crippen LogP contribution in [-0.4, -0.2) is 43.7 Å². The number of likely N-dealkylation sites (N-methyl/N-ethyl adjacent to an activating group) is 1. The van der Waals surface area contributed by atoms with Crippen molar-refractivity contribution in [2.24, 2.45) is 5.92 Å². The largest absolute Gasteiger partial charge is 0.352 e. The van der Waals surface area contributed by atoms with Crippen molar-refractivity contribution in [1.29, 1.82) is 0 Å². The Morgan fingerprint density at radius 2 is 1.76 bits per heavy atom. The summed E-state index contributed by atoms with van der Waals surface area (Å²) in [4.78, 5) is 54.3. The second kappa shape index (κ2) is 10.4. The van der Waals surface area contributed by atoms with Gasteiger partial charge in [-0.15, -0.1) is 5.10 Å². The number of carbonyl (C=O) groups excluding carboxylic acids is 2. The number of benzene rings is 2. The fourth-order valence-corrected chi connectivity index (χ4v) is 4.13. The monoisotopic (exact) mass is 504 g/mol. The summed E-state index contributed by atoms with van der Waals surface area (Å²) >= 11 is 0. The van der Waals surface area contributed by atoms with Gasteiger partial charge in [0.05, 0.1) is 10.9 Å². The maximum Gasteiger partial charge on any atom is 0.352 e.